The number of hydrogen-bond acceptors (Lipinski definition) is 4. The van der Waals surface area contributed by atoms with Crippen LogP contribution in [0.15, 0.2) is 42.5 Å². The number of nitriles is 1. The standard InChI is InChI=1S/C14H11BFNO3/c16-14-6-1-10(7-11(14)8-17)9-20-13-4-2-12(3-5-13)15(18)19/h1-7,18-19H,9H2. The molecule has 0 unspecified atom stereocenters. The Kier molecular flexibility index (Phi) is 4.36. The Balaban J connectivity index is 2.03. The summed E-state index contributed by atoms with van der Waals surface area (Å²) in [4.78, 5) is 0. The molecule has 2 aromatic carbocycles. The molecule has 4 nitrogen and oxygen atoms in total. The Hall–Kier alpha value is -2.36. The summed E-state index contributed by atoms with van der Waals surface area (Å²) >= 11 is 0. The van der Waals surface area contributed by atoms with Crippen molar-refractivity contribution in [3.8, 4) is 11.8 Å². The molecular formula is C14H11BFNO3. The number of nitrogens with zero attached hydrogens (tertiary/aromatic N) is 1. The third kappa shape index (κ3) is 3.35. The number of halogens is 1. The highest BCUT2D eigenvalue weighted by Gasteiger charge is 2.10. The number of rotatable bonds is 4. The highest BCUT2D eigenvalue weighted by Crippen LogP contribution is 2.14. The molecule has 2 rings (SSSR count). The normalized spacial score (nSPS) is 9.90. The fourth-order valence-electron chi connectivity index (χ4n) is 1.65. The molecule has 0 heterocycles. The zero-order chi connectivity index (χ0) is 14.5. The molecule has 6 heteroatoms. The second-order valence-electron chi connectivity index (χ2n) is 4.16. The van der Waals surface area contributed by atoms with E-state index < -0.39 is 12.9 Å². The van der Waals surface area contributed by atoms with Gasteiger partial charge in [0.1, 0.15) is 24.2 Å². The van der Waals surface area contributed by atoms with E-state index in [4.69, 9.17) is 20.0 Å². The van der Waals surface area contributed by atoms with Crippen molar-refractivity contribution in [2.24, 2.45) is 0 Å². The topological polar surface area (TPSA) is 73.5 Å². The summed E-state index contributed by atoms with van der Waals surface area (Å²) in [5.74, 6) is -0.0187. The Morgan fingerprint density at radius 2 is 1.85 bits per heavy atom. The quantitative estimate of drug-likeness (QED) is 0.812. The van der Waals surface area contributed by atoms with Crippen LogP contribution in [0.2, 0.25) is 0 Å². The van der Waals surface area contributed by atoms with Gasteiger partial charge < -0.3 is 14.8 Å². The van der Waals surface area contributed by atoms with Crippen molar-refractivity contribution in [3.63, 3.8) is 0 Å². The van der Waals surface area contributed by atoms with Crippen LogP contribution >= 0.6 is 0 Å². The lowest BCUT2D eigenvalue weighted by molar-refractivity contribution is 0.306. The van der Waals surface area contributed by atoms with E-state index in [-0.39, 0.29) is 12.2 Å². The van der Waals surface area contributed by atoms with E-state index in [1.807, 2.05) is 0 Å². The molecule has 0 aliphatic carbocycles. The summed E-state index contributed by atoms with van der Waals surface area (Å²) in [7, 11) is -1.51. The van der Waals surface area contributed by atoms with Crippen LogP contribution in [-0.2, 0) is 6.61 Å². The van der Waals surface area contributed by atoms with E-state index in [0.717, 1.165) is 0 Å². The Morgan fingerprint density at radius 1 is 1.15 bits per heavy atom. The molecule has 0 radical (unpaired) electrons. The molecule has 2 N–H and O–H groups in total. The third-order valence-corrected chi connectivity index (χ3v) is 2.73. The average molecular weight is 271 g/mol. The molecule has 0 spiro atoms. The maximum absolute atomic E-state index is 13.1. The van der Waals surface area contributed by atoms with Crippen molar-refractivity contribution < 1.29 is 19.2 Å². The van der Waals surface area contributed by atoms with Gasteiger partial charge in [0, 0.05) is 0 Å². The first-order valence-corrected chi connectivity index (χ1v) is 5.87. The predicted octanol–water partition coefficient (Wildman–Crippen LogP) is 0.956. The van der Waals surface area contributed by atoms with Gasteiger partial charge in [-0.3, -0.25) is 0 Å². The van der Waals surface area contributed by atoms with Crippen molar-refractivity contribution in [2.75, 3.05) is 0 Å². The molecule has 20 heavy (non-hydrogen) atoms. The SMILES string of the molecule is N#Cc1cc(COc2ccc(B(O)O)cc2)ccc1F. The number of hydrogen-bond donors (Lipinski definition) is 2. The summed E-state index contributed by atoms with van der Waals surface area (Å²) in [6, 6.07) is 12.2. The van der Waals surface area contributed by atoms with Crippen molar-refractivity contribution >= 4 is 12.6 Å². The molecular weight excluding hydrogens is 260 g/mol. The highest BCUT2D eigenvalue weighted by molar-refractivity contribution is 6.58. The van der Waals surface area contributed by atoms with Gasteiger partial charge in [-0.25, -0.2) is 4.39 Å². The van der Waals surface area contributed by atoms with Crippen LogP contribution in [0.25, 0.3) is 0 Å². The molecule has 100 valence electrons. The molecule has 0 bridgehead atoms. The molecule has 0 saturated carbocycles. The maximum atomic E-state index is 13.1. The summed E-state index contributed by atoms with van der Waals surface area (Å²) in [5.41, 5.74) is 1.02. The Labute approximate surface area is 115 Å². The Bertz CT molecular complexity index is 638. The van der Waals surface area contributed by atoms with Crippen molar-refractivity contribution in [2.45, 2.75) is 6.61 Å². The first-order chi connectivity index (χ1) is 9.60. The zero-order valence-electron chi connectivity index (χ0n) is 10.5. The molecule has 0 saturated heterocycles. The maximum Gasteiger partial charge on any atom is 0.488 e. The van der Waals surface area contributed by atoms with Crippen LogP contribution < -0.4 is 10.2 Å². The largest absolute Gasteiger partial charge is 0.489 e. The van der Waals surface area contributed by atoms with Gasteiger partial charge in [0.2, 0.25) is 0 Å². The van der Waals surface area contributed by atoms with Crippen LogP contribution in [0.4, 0.5) is 4.39 Å². The average Bonchev–Trinajstić information content (AvgIpc) is 2.46. The first-order valence-electron chi connectivity index (χ1n) is 5.87. The van der Waals surface area contributed by atoms with E-state index >= 15 is 0 Å². The Morgan fingerprint density at radius 3 is 2.45 bits per heavy atom. The van der Waals surface area contributed by atoms with Gasteiger partial charge in [-0.05, 0) is 35.3 Å². The van der Waals surface area contributed by atoms with E-state index in [1.165, 1.54) is 24.3 Å². The van der Waals surface area contributed by atoms with Crippen molar-refractivity contribution in [1.82, 2.24) is 0 Å². The summed E-state index contributed by atoms with van der Waals surface area (Å²) in [6.45, 7) is 0.190. The van der Waals surface area contributed by atoms with Crippen LogP contribution in [-0.4, -0.2) is 17.2 Å². The minimum absolute atomic E-state index is 0.0233. The van der Waals surface area contributed by atoms with Crippen LogP contribution in [0, 0.1) is 17.1 Å². The molecule has 0 aliphatic rings. The van der Waals surface area contributed by atoms with Gasteiger partial charge in [0.25, 0.3) is 0 Å². The predicted molar refractivity (Wildman–Crippen MR) is 71.7 cm³/mol. The first kappa shape index (κ1) is 14.1. The minimum Gasteiger partial charge on any atom is -0.489 e. The second kappa shape index (κ2) is 6.19. The lowest BCUT2D eigenvalue weighted by Gasteiger charge is -2.07. The summed E-state index contributed by atoms with van der Waals surface area (Å²) in [5, 5.41) is 26.6. The second-order valence-corrected chi connectivity index (χ2v) is 4.16. The summed E-state index contributed by atoms with van der Waals surface area (Å²) in [6.07, 6.45) is 0. The van der Waals surface area contributed by atoms with Gasteiger partial charge in [0.05, 0.1) is 5.56 Å². The summed E-state index contributed by atoms with van der Waals surface area (Å²) < 4.78 is 18.6. The number of benzene rings is 2. The van der Waals surface area contributed by atoms with E-state index in [9.17, 15) is 4.39 Å². The van der Waals surface area contributed by atoms with E-state index in [2.05, 4.69) is 0 Å². The van der Waals surface area contributed by atoms with E-state index in [1.54, 1.807) is 24.3 Å². The van der Waals surface area contributed by atoms with Gasteiger partial charge >= 0.3 is 7.12 Å². The van der Waals surface area contributed by atoms with Gasteiger partial charge in [-0.15, -0.1) is 0 Å². The molecule has 0 fully saturated rings. The van der Waals surface area contributed by atoms with Crippen LogP contribution in [0.1, 0.15) is 11.1 Å². The van der Waals surface area contributed by atoms with E-state index in [0.29, 0.717) is 16.8 Å². The molecule has 2 aromatic rings. The van der Waals surface area contributed by atoms with Crippen LogP contribution in [0.3, 0.4) is 0 Å². The highest BCUT2D eigenvalue weighted by atomic mass is 19.1. The van der Waals surface area contributed by atoms with Crippen molar-refractivity contribution in [1.29, 1.82) is 5.26 Å². The molecule has 0 amide bonds. The monoisotopic (exact) mass is 271 g/mol. The molecule has 0 aromatic heterocycles. The van der Waals surface area contributed by atoms with Gasteiger partial charge in [-0.2, -0.15) is 5.26 Å². The van der Waals surface area contributed by atoms with Crippen LogP contribution in [0.5, 0.6) is 5.75 Å². The minimum atomic E-state index is -1.51. The number of ether oxygens (including phenoxy) is 1. The van der Waals surface area contributed by atoms with Gasteiger partial charge in [-0.1, -0.05) is 18.2 Å². The fraction of sp³-hybridized carbons (Fsp3) is 0.0714. The smallest absolute Gasteiger partial charge is 0.488 e. The zero-order valence-corrected chi connectivity index (χ0v) is 10.5. The lowest BCUT2D eigenvalue weighted by Crippen LogP contribution is -2.29. The van der Waals surface area contributed by atoms with Crippen molar-refractivity contribution in [3.05, 3.63) is 59.4 Å². The lowest BCUT2D eigenvalue weighted by atomic mass is 9.80. The molecule has 0 atom stereocenters. The fourth-order valence-corrected chi connectivity index (χ4v) is 1.65. The molecule has 0 aliphatic heterocycles. The third-order valence-electron chi connectivity index (χ3n) is 2.73. The van der Waals surface area contributed by atoms with Gasteiger partial charge in [0.15, 0.2) is 0 Å².